The first-order valence-electron chi connectivity index (χ1n) is 11.4. The zero-order valence-corrected chi connectivity index (χ0v) is 20.6. The summed E-state index contributed by atoms with van der Waals surface area (Å²) in [4.78, 5) is 0. The van der Waals surface area contributed by atoms with Crippen LogP contribution < -0.4 is 0 Å². The molecule has 0 bridgehead atoms. The lowest BCUT2D eigenvalue weighted by Gasteiger charge is -2.40. The summed E-state index contributed by atoms with van der Waals surface area (Å²) in [7, 11) is 0. The van der Waals surface area contributed by atoms with E-state index in [2.05, 4.69) is 113 Å². The zero-order chi connectivity index (χ0) is 21.1. The Morgan fingerprint density at radius 3 is 1.33 bits per heavy atom. The van der Waals surface area contributed by atoms with Gasteiger partial charge in [-0.05, 0) is 35.9 Å². The third kappa shape index (κ3) is 5.63. The summed E-state index contributed by atoms with van der Waals surface area (Å²) in [5.74, 6) is 0. The molecule has 1 unspecified atom stereocenters. The highest BCUT2D eigenvalue weighted by Gasteiger charge is 2.42. The van der Waals surface area contributed by atoms with Crippen LogP contribution in [-0.2, 0) is 5.16 Å². The molecule has 3 aromatic rings. The van der Waals surface area contributed by atoms with Crippen LogP contribution in [0.25, 0.3) is 0 Å². The summed E-state index contributed by atoms with van der Waals surface area (Å²) in [5, 5.41) is -0.138. The van der Waals surface area contributed by atoms with Gasteiger partial charge in [-0.2, -0.15) is 0 Å². The van der Waals surface area contributed by atoms with Crippen molar-refractivity contribution < 1.29 is 0 Å². The molecule has 0 aliphatic heterocycles. The Bertz CT molecular complexity index is 736. The highest BCUT2D eigenvalue weighted by Crippen LogP contribution is 2.68. The Morgan fingerprint density at radius 2 is 0.933 bits per heavy atom. The van der Waals surface area contributed by atoms with Crippen molar-refractivity contribution in [3.63, 3.8) is 0 Å². The molecule has 0 radical (unpaired) electrons. The Balaban J connectivity index is 1.91. The monoisotopic (exact) mass is 480 g/mol. The molecule has 2 heteroatoms. The van der Waals surface area contributed by atoms with E-state index < -0.39 is 6.62 Å². The lowest BCUT2D eigenvalue weighted by atomic mass is 9.84. The van der Waals surface area contributed by atoms with Crippen LogP contribution in [0.4, 0.5) is 0 Å². The molecular formula is C28H34BrP. The van der Waals surface area contributed by atoms with Gasteiger partial charge in [0.1, 0.15) is 0 Å². The number of unbranched alkanes of at least 4 members (excludes halogenated alkanes) is 6. The molecule has 0 aromatic heterocycles. The van der Waals surface area contributed by atoms with Gasteiger partial charge in [-0.1, -0.05) is 152 Å². The third-order valence-corrected chi connectivity index (χ3v) is 10.8. The molecule has 0 nitrogen and oxygen atoms in total. The third-order valence-electron chi connectivity index (χ3n) is 5.90. The van der Waals surface area contributed by atoms with E-state index in [-0.39, 0.29) is 5.16 Å². The molecule has 0 fully saturated rings. The number of rotatable bonds is 12. The molecule has 0 aliphatic carbocycles. The second-order valence-corrected chi connectivity index (χ2v) is 12.4. The molecule has 0 spiro atoms. The van der Waals surface area contributed by atoms with Gasteiger partial charge in [0.25, 0.3) is 0 Å². The van der Waals surface area contributed by atoms with E-state index in [0.717, 1.165) is 0 Å². The van der Waals surface area contributed by atoms with E-state index in [1.165, 1.54) is 67.8 Å². The number of benzene rings is 3. The highest BCUT2D eigenvalue weighted by atomic mass is 79.9. The molecule has 30 heavy (non-hydrogen) atoms. The quantitative estimate of drug-likeness (QED) is 0.137. The SMILES string of the molecule is CCCCCCCCCP(Br)C(c1ccccc1)(c1ccccc1)c1ccccc1. The minimum Gasteiger partial charge on any atom is -0.0654 e. The van der Waals surface area contributed by atoms with Crippen molar-refractivity contribution in [2.45, 2.75) is 57.0 Å². The molecule has 3 rings (SSSR count). The molecule has 0 amide bonds. The largest absolute Gasteiger partial charge is 0.0750 e. The number of hydrogen-bond donors (Lipinski definition) is 0. The van der Waals surface area contributed by atoms with Crippen molar-refractivity contribution in [2.75, 3.05) is 6.16 Å². The van der Waals surface area contributed by atoms with Crippen LogP contribution in [0.1, 0.15) is 68.6 Å². The maximum Gasteiger partial charge on any atom is 0.0750 e. The van der Waals surface area contributed by atoms with Crippen molar-refractivity contribution in [3.8, 4) is 0 Å². The van der Waals surface area contributed by atoms with Gasteiger partial charge in [-0.3, -0.25) is 0 Å². The number of halogens is 1. The van der Waals surface area contributed by atoms with E-state index in [1.54, 1.807) is 0 Å². The van der Waals surface area contributed by atoms with Crippen LogP contribution >= 0.6 is 22.1 Å². The van der Waals surface area contributed by atoms with Gasteiger partial charge in [0.15, 0.2) is 0 Å². The zero-order valence-electron chi connectivity index (χ0n) is 18.1. The van der Waals surface area contributed by atoms with Gasteiger partial charge in [0.2, 0.25) is 0 Å². The lowest BCUT2D eigenvalue weighted by Crippen LogP contribution is -2.27. The highest BCUT2D eigenvalue weighted by molar-refractivity contribution is 9.39. The van der Waals surface area contributed by atoms with Crippen molar-refractivity contribution in [2.24, 2.45) is 0 Å². The Kier molecular flexibility index (Phi) is 9.63. The second-order valence-electron chi connectivity index (χ2n) is 8.02. The van der Waals surface area contributed by atoms with Gasteiger partial charge in [-0.15, -0.1) is 0 Å². The normalized spacial score (nSPS) is 12.6. The predicted molar refractivity (Wildman–Crippen MR) is 138 cm³/mol. The molecule has 1 atom stereocenters. The first-order valence-corrected chi connectivity index (χ1v) is 14.9. The summed E-state index contributed by atoms with van der Waals surface area (Å²) in [5.41, 5.74) is 4.15. The Hall–Kier alpha value is -1.43. The van der Waals surface area contributed by atoms with E-state index in [1.807, 2.05) is 0 Å². The van der Waals surface area contributed by atoms with Gasteiger partial charge >= 0.3 is 0 Å². The molecule has 158 valence electrons. The van der Waals surface area contributed by atoms with Crippen LogP contribution in [0.5, 0.6) is 0 Å². The van der Waals surface area contributed by atoms with Crippen LogP contribution in [0.3, 0.4) is 0 Å². The minimum absolute atomic E-state index is 0.138. The minimum atomic E-state index is -0.472. The standard InChI is InChI=1S/C28H34BrP/c1-2-3-4-5-6-7-17-24-30(29)28(25-18-11-8-12-19-25,26-20-13-9-14-21-26)27-22-15-10-16-23-27/h8-16,18-23H,2-7,17,24H2,1H3. The van der Waals surface area contributed by atoms with Gasteiger partial charge < -0.3 is 0 Å². The molecule has 0 aliphatic rings. The maximum atomic E-state index is 4.27. The summed E-state index contributed by atoms with van der Waals surface area (Å²) in [6.45, 7) is 1.81. The first-order chi connectivity index (χ1) is 14.8. The summed E-state index contributed by atoms with van der Waals surface area (Å²) >= 11 is 4.27. The summed E-state index contributed by atoms with van der Waals surface area (Å²) < 4.78 is 0. The molecule has 0 saturated heterocycles. The second kappa shape index (κ2) is 12.4. The smallest absolute Gasteiger partial charge is 0.0654 e. The molecule has 3 aromatic carbocycles. The van der Waals surface area contributed by atoms with Crippen molar-refractivity contribution in [3.05, 3.63) is 108 Å². The van der Waals surface area contributed by atoms with Crippen LogP contribution in [0, 0.1) is 0 Å². The summed E-state index contributed by atoms with van der Waals surface area (Å²) in [6.07, 6.45) is 10.7. The number of hydrogen-bond acceptors (Lipinski definition) is 0. The molecule has 0 N–H and O–H groups in total. The van der Waals surface area contributed by atoms with E-state index >= 15 is 0 Å². The first kappa shape index (κ1) is 23.2. The summed E-state index contributed by atoms with van der Waals surface area (Å²) in [6, 6.07) is 33.3. The fraction of sp³-hybridized carbons (Fsp3) is 0.357. The van der Waals surface area contributed by atoms with Crippen molar-refractivity contribution >= 4 is 22.1 Å². The van der Waals surface area contributed by atoms with Crippen LogP contribution in [-0.4, -0.2) is 6.16 Å². The fourth-order valence-corrected chi connectivity index (χ4v) is 9.05. The molecule has 0 saturated carbocycles. The van der Waals surface area contributed by atoms with E-state index in [0.29, 0.717) is 0 Å². The van der Waals surface area contributed by atoms with Crippen LogP contribution in [0.15, 0.2) is 91.0 Å². The maximum absolute atomic E-state index is 4.27. The predicted octanol–water partition coefficient (Wildman–Crippen LogP) is 9.52. The van der Waals surface area contributed by atoms with Gasteiger partial charge in [0.05, 0.1) is 5.16 Å². The topological polar surface area (TPSA) is 0 Å². The van der Waals surface area contributed by atoms with E-state index in [9.17, 15) is 0 Å². The van der Waals surface area contributed by atoms with Gasteiger partial charge in [0, 0.05) is 0 Å². The van der Waals surface area contributed by atoms with Gasteiger partial charge in [-0.25, -0.2) is 0 Å². The van der Waals surface area contributed by atoms with Crippen LogP contribution in [0.2, 0.25) is 0 Å². The molecule has 0 heterocycles. The van der Waals surface area contributed by atoms with E-state index in [4.69, 9.17) is 0 Å². The van der Waals surface area contributed by atoms with Crippen molar-refractivity contribution in [1.82, 2.24) is 0 Å². The fourth-order valence-electron chi connectivity index (χ4n) is 4.33. The average molecular weight is 481 g/mol. The average Bonchev–Trinajstić information content (AvgIpc) is 2.81. The molecular weight excluding hydrogens is 447 g/mol. The Morgan fingerprint density at radius 1 is 0.567 bits per heavy atom. The lowest BCUT2D eigenvalue weighted by molar-refractivity contribution is 0.603. The Labute approximate surface area is 192 Å². The van der Waals surface area contributed by atoms with Crippen molar-refractivity contribution in [1.29, 1.82) is 0 Å².